The second-order valence-corrected chi connectivity index (χ2v) is 4.42. The van der Waals surface area contributed by atoms with Crippen LogP contribution in [0.1, 0.15) is 11.3 Å². The van der Waals surface area contributed by atoms with E-state index in [0.29, 0.717) is 13.2 Å². The number of ether oxygens (including phenoxy) is 2. The molecule has 0 bridgehead atoms. The van der Waals surface area contributed by atoms with Gasteiger partial charge in [-0.3, -0.25) is 0 Å². The van der Waals surface area contributed by atoms with E-state index in [9.17, 15) is 0 Å². The zero-order valence-corrected chi connectivity index (χ0v) is 10.4. The summed E-state index contributed by atoms with van der Waals surface area (Å²) in [6, 6.07) is 4.05. The van der Waals surface area contributed by atoms with E-state index >= 15 is 0 Å². The Balaban J connectivity index is 1.98. The summed E-state index contributed by atoms with van der Waals surface area (Å²) in [6.07, 6.45) is 0.961. The minimum atomic E-state index is 0.0996. The van der Waals surface area contributed by atoms with E-state index in [2.05, 4.69) is 11.4 Å². The molecule has 1 aromatic heterocycles. The van der Waals surface area contributed by atoms with Crippen LogP contribution in [0.4, 0.5) is 0 Å². The maximum Gasteiger partial charge on any atom is 0.173 e. The minimum Gasteiger partial charge on any atom is -0.487 e. The van der Waals surface area contributed by atoms with Crippen LogP contribution >= 0.6 is 11.3 Å². The first-order valence-corrected chi connectivity index (χ1v) is 6.20. The molecule has 1 aromatic rings. The van der Waals surface area contributed by atoms with Gasteiger partial charge in [-0.1, -0.05) is 0 Å². The van der Waals surface area contributed by atoms with Crippen molar-refractivity contribution in [3.8, 4) is 5.06 Å². The van der Waals surface area contributed by atoms with Crippen molar-refractivity contribution in [2.24, 2.45) is 0 Å². The fourth-order valence-electron chi connectivity index (χ4n) is 1.24. The van der Waals surface area contributed by atoms with E-state index in [1.807, 2.05) is 6.07 Å². The maximum atomic E-state index is 8.49. The van der Waals surface area contributed by atoms with Gasteiger partial charge in [0.05, 0.1) is 20.3 Å². The van der Waals surface area contributed by atoms with Crippen molar-refractivity contribution in [3.05, 3.63) is 17.0 Å². The third-order valence-electron chi connectivity index (χ3n) is 2.02. The van der Waals surface area contributed by atoms with Gasteiger partial charge in [0.25, 0.3) is 0 Å². The fraction of sp³-hybridized carbons (Fsp3) is 0.636. The summed E-state index contributed by atoms with van der Waals surface area (Å²) in [5, 5.41) is 12.8. The smallest absolute Gasteiger partial charge is 0.173 e. The first-order valence-electron chi connectivity index (χ1n) is 5.39. The first-order chi connectivity index (χ1) is 7.86. The molecule has 92 valence electrons. The van der Waals surface area contributed by atoms with E-state index < -0.39 is 0 Å². The van der Waals surface area contributed by atoms with Crippen LogP contribution < -0.4 is 10.1 Å². The molecule has 0 aromatic carbocycles. The molecule has 0 saturated carbocycles. The van der Waals surface area contributed by atoms with Gasteiger partial charge in [-0.05, 0) is 25.1 Å². The number of hydrogen-bond donors (Lipinski definition) is 2. The van der Waals surface area contributed by atoms with Gasteiger partial charge in [0.15, 0.2) is 5.06 Å². The van der Waals surface area contributed by atoms with E-state index in [-0.39, 0.29) is 6.61 Å². The summed E-state index contributed by atoms with van der Waals surface area (Å²) in [4.78, 5) is 1.27. The normalized spacial score (nSPS) is 10.6. The van der Waals surface area contributed by atoms with Gasteiger partial charge in [0.1, 0.15) is 0 Å². The number of thiophene rings is 1. The number of aliphatic hydroxyl groups excluding tert-OH is 1. The molecule has 0 fully saturated rings. The average molecular weight is 245 g/mol. The third kappa shape index (κ3) is 5.46. The Hall–Kier alpha value is -0.620. The molecule has 1 heterocycles. The van der Waals surface area contributed by atoms with Gasteiger partial charge in [0.2, 0.25) is 0 Å². The summed E-state index contributed by atoms with van der Waals surface area (Å²) in [5.41, 5.74) is 0. The average Bonchev–Trinajstić information content (AvgIpc) is 2.76. The molecule has 0 aliphatic heterocycles. The number of hydrogen-bond acceptors (Lipinski definition) is 5. The molecule has 0 aliphatic carbocycles. The van der Waals surface area contributed by atoms with E-state index in [1.54, 1.807) is 18.4 Å². The molecule has 1 rings (SSSR count). The topological polar surface area (TPSA) is 50.7 Å². The molecular formula is C11H19NO3S. The largest absolute Gasteiger partial charge is 0.487 e. The molecule has 16 heavy (non-hydrogen) atoms. The van der Waals surface area contributed by atoms with Gasteiger partial charge >= 0.3 is 0 Å². The van der Waals surface area contributed by atoms with Crippen LogP contribution in [0.15, 0.2) is 12.1 Å². The Labute approximate surface area is 100 Å². The lowest BCUT2D eigenvalue weighted by Gasteiger charge is -2.03. The molecule has 0 radical (unpaired) electrons. The Morgan fingerprint density at radius 1 is 1.38 bits per heavy atom. The standard InChI is InChI=1S/C11H19NO3S/c1-14-11-4-3-10(16-11)9-12-5-2-7-15-8-6-13/h3-4,12-13H,2,5-9H2,1H3. The molecule has 0 aliphatic rings. The molecule has 0 unspecified atom stereocenters. The predicted molar refractivity (Wildman–Crippen MR) is 65.1 cm³/mol. The molecule has 0 amide bonds. The number of aliphatic hydroxyl groups is 1. The van der Waals surface area contributed by atoms with Crippen LogP contribution in [0.2, 0.25) is 0 Å². The van der Waals surface area contributed by atoms with Crippen molar-refractivity contribution >= 4 is 11.3 Å². The van der Waals surface area contributed by atoms with Crippen molar-refractivity contribution in [1.29, 1.82) is 0 Å². The highest BCUT2D eigenvalue weighted by Crippen LogP contribution is 2.23. The van der Waals surface area contributed by atoms with Gasteiger partial charge in [0, 0.05) is 18.0 Å². The summed E-state index contributed by atoms with van der Waals surface area (Å²) in [7, 11) is 1.68. The molecule has 5 heteroatoms. The fourth-order valence-corrected chi connectivity index (χ4v) is 2.03. The van der Waals surface area contributed by atoms with E-state index in [0.717, 1.165) is 24.6 Å². The molecule has 0 saturated heterocycles. The predicted octanol–water partition coefficient (Wildman–Crippen LogP) is 1.25. The van der Waals surface area contributed by atoms with E-state index in [1.165, 1.54) is 4.88 Å². The van der Waals surface area contributed by atoms with Crippen LogP contribution in [0.3, 0.4) is 0 Å². The quantitative estimate of drug-likeness (QED) is 0.643. The number of rotatable bonds is 9. The van der Waals surface area contributed by atoms with Crippen molar-refractivity contribution < 1.29 is 14.6 Å². The summed E-state index contributed by atoms with van der Waals surface area (Å²) >= 11 is 1.66. The highest BCUT2D eigenvalue weighted by Gasteiger charge is 1.98. The number of methoxy groups -OCH3 is 1. The Bertz CT molecular complexity index is 278. The highest BCUT2D eigenvalue weighted by molar-refractivity contribution is 7.13. The monoisotopic (exact) mass is 245 g/mol. The van der Waals surface area contributed by atoms with Crippen LogP contribution in [0.5, 0.6) is 5.06 Å². The molecule has 4 nitrogen and oxygen atoms in total. The van der Waals surface area contributed by atoms with Crippen molar-refractivity contribution in [2.45, 2.75) is 13.0 Å². The van der Waals surface area contributed by atoms with Gasteiger partial charge in [-0.15, -0.1) is 11.3 Å². The summed E-state index contributed by atoms with van der Waals surface area (Å²) < 4.78 is 10.3. The van der Waals surface area contributed by atoms with E-state index in [4.69, 9.17) is 14.6 Å². The summed E-state index contributed by atoms with van der Waals surface area (Å²) in [5.74, 6) is 0. The van der Waals surface area contributed by atoms with Crippen molar-refractivity contribution in [2.75, 3.05) is 33.5 Å². The summed E-state index contributed by atoms with van der Waals surface area (Å²) in [6.45, 7) is 3.02. The van der Waals surface area contributed by atoms with Gasteiger partial charge in [-0.25, -0.2) is 0 Å². The maximum absolute atomic E-state index is 8.49. The number of nitrogens with one attached hydrogen (secondary N) is 1. The zero-order chi connectivity index (χ0) is 11.6. The molecule has 2 N–H and O–H groups in total. The van der Waals surface area contributed by atoms with Crippen LogP contribution in [-0.2, 0) is 11.3 Å². The first kappa shape index (κ1) is 13.4. The molecule has 0 spiro atoms. The third-order valence-corrected chi connectivity index (χ3v) is 3.06. The van der Waals surface area contributed by atoms with Crippen molar-refractivity contribution in [3.63, 3.8) is 0 Å². The minimum absolute atomic E-state index is 0.0996. The Morgan fingerprint density at radius 2 is 2.25 bits per heavy atom. The van der Waals surface area contributed by atoms with Crippen LogP contribution in [0, 0.1) is 0 Å². The zero-order valence-electron chi connectivity index (χ0n) is 9.57. The Kier molecular flexibility index (Phi) is 7.16. The van der Waals surface area contributed by atoms with Gasteiger partial charge in [-0.2, -0.15) is 0 Å². The second-order valence-electron chi connectivity index (χ2n) is 3.29. The lowest BCUT2D eigenvalue weighted by atomic mass is 10.4. The molecule has 0 atom stereocenters. The van der Waals surface area contributed by atoms with Crippen LogP contribution in [-0.4, -0.2) is 38.6 Å². The lowest BCUT2D eigenvalue weighted by Crippen LogP contribution is -2.16. The Morgan fingerprint density at radius 3 is 2.94 bits per heavy atom. The highest BCUT2D eigenvalue weighted by atomic mass is 32.1. The second kappa shape index (κ2) is 8.52. The SMILES string of the molecule is COc1ccc(CNCCCOCCO)s1. The lowest BCUT2D eigenvalue weighted by molar-refractivity contribution is 0.0907. The van der Waals surface area contributed by atoms with Crippen molar-refractivity contribution in [1.82, 2.24) is 5.32 Å². The van der Waals surface area contributed by atoms with Crippen LogP contribution in [0.25, 0.3) is 0 Å². The molecular weight excluding hydrogens is 226 g/mol. The van der Waals surface area contributed by atoms with Gasteiger partial charge < -0.3 is 19.9 Å².